The first-order chi connectivity index (χ1) is 20.0. The van der Waals surface area contributed by atoms with Gasteiger partial charge in [0.05, 0.1) is 36.6 Å². The van der Waals surface area contributed by atoms with E-state index in [1.165, 1.54) is 4.90 Å². The average Bonchev–Trinajstić information content (AvgIpc) is 3.60. The van der Waals surface area contributed by atoms with Crippen molar-refractivity contribution in [1.29, 1.82) is 0 Å². The van der Waals surface area contributed by atoms with Gasteiger partial charge in [-0.05, 0) is 39.2 Å². The summed E-state index contributed by atoms with van der Waals surface area (Å²) in [5.74, 6) is -3.36. The molecule has 4 aliphatic heterocycles. The van der Waals surface area contributed by atoms with Gasteiger partial charge in [0.15, 0.2) is 0 Å². The number of ether oxygens (including phenoxy) is 2. The van der Waals surface area contributed by atoms with Gasteiger partial charge in [-0.15, -0.1) is 0 Å². The third-order valence-electron chi connectivity index (χ3n) is 8.90. The van der Waals surface area contributed by atoms with E-state index in [2.05, 4.69) is 5.32 Å². The first-order valence-corrected chi connectivity index (χ1v) is 14.8. The second-order valence-corrected chi connectivity index (χ2v) is 12.5. The molecule has 10 nitrogen and oxygen atoms in total. The lowest BCUT2D eigenvalue weighted by atomic mass is 9.74. The third kappa shape index (κ3) is 5.15. The molecule has 1 aromatic carbocycles. The zero-order valence-corrected chi connectivity index (χ0v) is 24.7. The predicted octanol–water partition coefficient (Wildman–Crippen LogP) is 2.29. The van der Waals surface area contributed by atoms with Crippen LogP contribution in [0.25, 0.3) is 0 Å². The number of nitrogens with one attached hydrogen (secondary N) is 1. The minimum atomic E-state index is -1.35. The summed E-state index contributed by atoms with van der Waals surface area (Å²) < 4.78 is 12.1. The molecule has 0 saturated carbocycles. The van der Waals surface area contributed by atoms with Crippen LogP contribution in [-0.4, -0.2) is 87.7 Å². The molecule has 42 heavy (non-hydrogen) atoms. The summed E-state index contributed by atoms with van der Waals surface area (Å²) in [6, 6.07) is 6.90. The Morgan fingerprint density at radius 3 is 2.50 bits per heavy atom. The normalized spacial score (nSPS) is 33.4. The molecule has 5 rings (SSSR count). The van der Waals surface area contributed by atoms with Crippen LogP contribution >= 0.6 is 0 Å². The molecule has 1 aromatic rings. The first kappa shape index (κ1) is 30.0. The minimum absolute atomic E-state index is 0.0659. The number of likely N-dealkylation sites (tertiary alicyclic amines) is 1. The summed E-state index contributed by atoms with van der Waals surface area (Å²) in [5.41, 5.74) is -1.21. The first-order valence-electron chi connectivity index (χ1n) is 14.8. The predicted molar refractivity (Wildman–Crippen MR) is 154 cm³/mol. The summed E-state index contributed by atoms with van der Waals surface area (Å²) in [5, 5.41) is 13.3. The molecule has 0 radical (unpaired) electrons. The molecule has 2 fully saturated rings. The van der Waals surface area contributed by atoms with Gasteiger partial charge in [0, 0.05) is 18.5 Å². The van der Waals surface area contributed by atoms with Gasteiger partial charge in [-0.25, -0.2) is 0 Å². The summed E-state index contributed by atoms with van der Waals surface area (Å²) in [6.07, 6.45) is 7.53. The Bertz CT molecular complexity index is 1270. The summed E-state index contributed by atoms with van der Waals surface area (Å²) in [6.45, 7) is 7.47. The number of hydrogen-bond acceptors (Lipinski definition) is 7. The van der Waals surface area contributed by atoms with Gasteiger partial charge >= 0.3 is 5.97 Å². The molecule has 0 aliphatic carbocycles. The van der Waals surface area contributed by atoms with Crippen molar-refractivity contribution in [3.8, 4) is 0 Å². The van der Waals surface area contributed by atoms with E-state index in [1.54, 1.807) is 17.1 Å². The molecule has 4 aliphatic rings. The number of carbonyl (C=O) groups excluding carboxylic acids is 4. The van der Waals surface area contributed by atoms with Crippen molar-refractivity contribution in [2.24, 2.45) is 11.8 Å². The topological polar surface area (TPSA) is 125 Å². The number of carbonyl (C=O) groups is 4. The Kier molecular flexibility index (Phi) is 8.31. The minimum Gasteiger partial charge on any atom is -0.463 e. The van der Waals surface area contributed by atoms with E-state index in [0.29, 0.717) is 12.8 Å². The van der Waals surface area contributed by atoms with Crippen LogP contribution < -0.4 is 5.32 Å². The molecule has 0 aromatic heterocycles. The molecule has 226 valence electrons. The van der Waals surface area contributed by atoms with Crippen LogP contribution in [0.15, 0.2) is 54.6 Å². The van der Waals surface area contributed by atoms with E-state index in [1.807, 2.05) is 70.2 Å². The van der Waals surface area contributed by atoms with E-state index >= 15 is 0 Å². The molecule has 2 saturated heterocycles. The van der Waals surface area contributed by atoms with Crippen LogP contribution in [0.5, 0.6) is 0 Å². The standard InChI is InChI=1S/C32H41N3O7/c1-5-21(18-36)35-27-30(40)34(31(2,3)4)17-11-7-10-14-24(37)41-19-22(20-12-8-6-9-13-20)33-28(38)25-23-15-16-32(27,42-23)26(25)29(35)39/h6-9,11-13,15-16,21-23,25-27,36H,5,10,14,17-19H2,1-4H3,(H,33,38)/b11-7-/t21-,22+,23+,25-,26-,27+,32-/m0/s1. The highest BCUT2D eigenvalue weighted by atomic mass is 16.5. The van der Waals surface area contributed by atoms with Crippen molar-refractivity contribution in [2.75, 3.05) is 19.8 Å². The number of benzene rings is 1. The van der Waals surface area contributed by atoms with Gasteiger partial charge in [-0.2, -0.15) is 0 Å². The summed E-state index contributed by atoms with van der Waals surface area (Å²) in [7, 11) is 0. The van der Waals surface area contributed by atoms with Crippen molar-refractivity contribution in [3.63, 3.8) is 0 Å². The monoisotopic (exact) mass is 579 g/mol. The molecule has 10 heteroatoms. The zero-order valence-electron chi connectivity index (χ0n) is 24.7. The summed E-state index contributed by atoms with van der Waals surface area (Å²) in [4.78, 5) is 58.6. The second kappa shape index (κ2) is 11.6. The molecule has 4 heterocycles. The lowest BCUT2D eigenvalue weighted by Crippen LogP contribution is -2.61. The molecule has 5 bridgehead atoms. The third-order valence-corrected chi connectivity index (χ3v) is 8.90. The fourth-order valence-corrected chi connectivity index (χ4v) is 6.76. The lowest BCUT2D eigenvalue weighted by molar-refractivity contribution is -0.153. The highest BCUT2D eigenvalue weighted by Crippen LogP contribution is 2.56. The van der Waals surface area contributed by atoms with Crippen LogP contribution in [-0.2, 0) is 28.7 Å². The Labute approximate surface area is 246 Å². The van der Waals surface area contributed by atoms with E-state index < -0.39 is 59.1 Å². The fourth-order valence-electron chi connectivity index (χ4n) is 6.76. The van der Waals surface area contributed by atoms with Crippen molar-refractivity contribution >= 4 is 23.7 Å². The molecule has 2 N–H and O–H groups in total. The number of rotatable bonds is 4. The average molecular weight is 580 g/mol. The van der Waals surface area contributed by atoms with Gasteiger partial charge < -0.3 is 29.7 Å². The highest BCUT2D eigenvalue weighted by molar-refractivity contribution is 6.00. The maximum Gasteiger partial charge on any atom is 0.306 e. The number of hydrogen-bond donors (Lipinski definition) is 2. The summed E-state index contributed by atoms with van der Waals surface area (Å²) >= 11 is 0. The fraction of sp³-hybridized carbons (Fsp3) is 0.562. The van der Waals surface area contributed by atoms with E-state index in [0.717, 1.165) is 5.56 Å². The van der Waals surface area contributed by atoms with Crippen molar-refractivity contribution in [2.45, 2.75) is 82.3 Å². The second-order valence-electron chi connectivity index (χ2n) is 12.5. The quantitative estimate of drug-likeness (QED) is 0.414. The van der Waals surface area contributed by atoms with Crippen LogP contribution in [0, 0.1) is 11.8 Å². The molecular weight excluding hydrogens is 538 g/mol. The Hall–Kier alpha value is -3.50. The molecular formula is C32H41N3O7. The van der Waals surface area contributed by atoms with Gasteiger partial charge in [0.25, 0.3) is 0 Å². The van der Waals surface area contributed by atoms with Crippen molar-refractivity contribution < 1.29 is 33.8 Å². The van der Waals surface area contributed by atoms with E-state index in [-0.39, 0.29) is 38.0 Å². The Morgan fingerprint density at radius 2 is 1.83 bits per heavy atom. The number of aliphatic hydroxyl groups is 1. The van der Waals surface area contributed by atoms with E-state index in [9.17, 15) is 24.3 Å². The smallest absolute Gasteiger partial charge is 0.306 e. The number of cyclic esters (lactones) is 1. The van der Waals surface area contributed by atoms with Crippen molar-refractivity contribution in [3.05, 3.63) is 60.2 Å². The maximum atomic E-state index is 14.6. The molecule has 3 amide bonds. The van der Waals surface area contributed by atoms with Gasteiger partial charge in [0.2, 0.25) is 17.7 Å². The molecule has 7 atom stereocenters. The number of nitrogens with zero attached hydrogens (tertiary/aromatic N) is 2. The number of allylic oxidation sites excluding steroid dienone is 1. The number of amides is 3. The number of aliphatic hydroxyl groups excluding tert-OH is 1. The van der Waals surface area contributed by atoms with Crippen LogP contribution in [0.2, 0.25) is 0 Å². The molecule has 0 unspecified atom stereocenters. The van der Waals surface area contributed by atoms with Crippen LogP contribution in [0.3, 0.4) is 0 Å². The highest BCUT2D eigenvalue weighted by Gasteiger charge is 2.74. The van der Waals surface area contributed by atoms with Gasteiger partial charge in [0.1, 0.15) is 18.2 Å². The Morgan fingerprint density at radius 1 is 1.10 bits per heavy atom. The van der Waals surface area contributed by atoms with Crippen LogP contribution in [0.1, 0.15) is 58.6 Å². The van der Waals surface area contributed by atoms with Gasteiger partial charge in [-0.1, -0.05) is 61.6 Å². The molecule has 1 spiro atoms. The number of fused-ring (bicyclic) bond motifs is 2. The van der Waals surface area contributed by atoms with Gasteiger partial charge in [-0.3, -0.25) is 19.2 Å². The van der Waals surface area contributed by atoms with Crippen molar-refractivity contribution in [1.82, 2.24) is 15.1 Å². The zero-order chi connectivity index (χ0) is 30.2. The maximum absolute atomic E-state index is 14.6. The lowest BCUT2D eigenvalue weighted by Gasteiger charge is -2.43. The van der Waals surface area contributed by atoms with Crippen LogP contribution in [0.4, 0.5) is 0 Å². The largest absolute Gasteiger partial charge is 0.463 e. The SMILES string of the molecule is CC[C@@H](CO)N1C(=O)[C@@H]2[C@H]3C(=O)N[C@@H](c4ccccc4)COC(=O)CC/C=C\CN(C(C)(C)C)C(=O)[C@@H]1[C@]21C=C[C@H]3O1. The van der Waals surface area contributed by atoms with E-state index in [4.69, 9.17) is 9.47 Å². The Balaban J connectivity index is 1.60. The number of esters is 1.